The molecule has 0 atom stereocenters. The highest BCUT2D eigenvalue weighted by atomic mass is 79.9. The van der Waals surface area contributed by atoms with Gasteiger partial charge in [-0.05, 0) is 64.5 Å². The van der Waals surface area contributed by atoms with E-state index in [0.717, 1.165) is 9.35 Å². The molecule has 11 heteroatoms. The molecule has 0 spiro atoms. The Bertz CT molecular complexity index is 1010. The van der Waals surface area contributed by atoms with Crippen molar-refractivity contribution in [3.05, 3.63) is 54.9 Å². The van der Waals surface area contributed by atoms with Crippen LogP contribution in [0.3, 0.4) is 0 Å². The summed E-state index contributed by atoms with van der Waals surface area (Å²) in [6.07, 6.45) is 0. The molecule has 0 fully saturated rings. The number of nitrogens with zero attached hydrogens (tertiary/aromatic N) is 2. The van der Waals surface area contributed by atoms with E-state index in [1.807, 2.05) is 0 Å². The van der Waals surface area contributed by atoms with Crippen LogP contribution in [-0.4, -0.2) is 26.6 Å². The molecule has 3 N–H and O–H groups in total. The van der Waals surface area contributed by atoms with Crippen LogP contribution < -0.4 is 10.9 Å². The second-order valence-electron chi connectivity index (χ2n) is 5.05. The summed E-state index contributed by atoms with van der Waals surface area (Å²) in [5.41, 5.74) is 5.48. The normalized spacial score (nSPS) is 10.5. The number of aromatic nitrogens is 3. The van der Waals surface area contributed by atoms with Gasteiger partial charge >= 0.3 is 0 Å². The van der Waals surface area contributed by atoms with Crippen molar-refractivity contribution in [2.45, 2.75) is 6.54 Å². The highest BCUT2D eigenvalue weighted by molar-refractivity contribution is 9.11. The van der Waals surface area contributed by atoms with E-state index < -0.39 is 11.8 Å². The summed E-state index contributed by atoms with van der Waals surface area (Å²) in [6, 6.07) is 10.4. The number of halogens is 2. The Labute approximate surface area is 170 Å². The number of hydrogen-bond acceptors (Lipinski definition) is 5. The highest BCUT2D eigenvalue weighted by Crippen LogP contribution is 2.22. The molecule has 0 radical (unpaired) electrons. The molecule has 2 heterocycles. The van der Waals surface area contributed by atoms with Crippen LogP contribution >= 0.6 is 51.1 Å². The van der Waals surface area contributed by atoms with Gasteiger partial charge in [0.05, 0.1) is 8.66 Å². The number of H-pyrrole nitrogens is 1. The first-order chi connectivity index (χ1) is 12.4. The van der Waals surface area contributed by atoms with Crippen LogP contribution in [0.1, 0.15) is 9.67 Å². The van der Waals surface area contributed by atoms with Crippen molar-refractivity contribution in [3.63, 3.8) is 0 Å². The molecule has 0 aliphatic heterocycles. The smallest absolute Gasteiger partial charge is 0.279 e. The molecule has 2 aromatic heterocycles. The maximum Gasteiger partial charge on any atom is 0.279 e. The number of hydrogen-bond donors (Lipinski definition) is 3. The fraction of sp³-hybridized carbons (Fsp3) is 0.0667. The number of amides is 2. The minimum Gasteiger partial charge on any atom is -0.291 e. The summed E-state index contributed by atoms with van der Waals surface area (Å²) in [4.78, 5) is 24.6. The van der Waals surface area contributed by atoms with Gasteiger partial charge < -0.3 is 0 Å². The van der Waals surface area contributed by atoms with Gasteiger partial charge in [0, 0.05) is 10.6 Å². The minimum absolute atomic E-state index is 0.109. The summed E-state index contributed by atoms with van der Waals surface area (Å²) >= 11 is 15.6. The number of rotatable bonds is 4. The lowest BCUT2D eigenvalue weighted by Crippen LogP contribution is -2.43. The first-order valence-corrected chi connectivity index (χ1v) is 9.59. The van der Waals surface area contributed by atoms with Crippen molar-refractivity contribution in [2.75, 3.05) is 0 Å². The molecular weight excluding hydrogens is 462 g/mol. The zero-order chi connectivity index (χ0) is 18.7. The predicted octanol–water partition coefficient (Wildman–Crippen LogP) is 3.55. The van der Waals surface area contributed by atoms with E-state index in [9.17, 15) is 9.59 Å². The fourth-order valence-corrected chi connectivity index (χ4v) is 3.70. The van der Waals surface area contributed by atoms with Crippen molar-refractivity contribution >= 4 is 62.9 Å². The molecule has 134 valence electrons. The van der Waals surface area contributed by atoms with Gasteiger partial charge in [0.25, 0.3) is 11.8 Å². The summed E-state index contributed by atoms with van der Waals surface area (Å²) in [5.74, 6) is -0.347. The van der Waals surface area contributed by atoms with Crippen LogP contribution in [0.15, 0.2) is 40.2 Å². The van der Waals surface area contributed by atoms with Gasteiger partial charge in [0.15, 0.2) is 10.6 Å². The summed E-state index contributed by atoms with van der Waals surface area (Å²) in [6.45, 7) is -0.109. The van der Waals surface area contributed by atoms with E-state index in [2.05, 4.69) is 37.0 Å². The molecule has 2 amide bonds. The van der Waals surface area contributed by atoms with Crippen molar-refractivity contribution < 1.29 is 9.59 Å². The molecule has 0 aliphatic carbocycles. The highest BCUT2D eigenvalue weighted by Gasteiger charge is 2.14. The van der Waals surface area contributed by atoms with Gasteiger partial charge in [0.1, 0.15) is 6.54 Å². The Morgan fingerprint density at radius 2 is 1.96 bits per heavy atom. The largest absolute Gasteiger partial charge is 0.291 e. The summed E-state index contributed by atoms with van der Waals surface area (Å²) < 4.78 is 2.65. The quantitative estimate of drug-likeness (QED) is 0.400. The number of nitrogens with one attached hydrogen (secondary N) is 3. The monoisotopic (exact) mass is 471 g/mol. The van der Waals surface area contributed by atoms with Gasteiger partial charge in [0.2, 0.25) is 0 Å². The molecule has 7 nitrogen and oxygen atoms in total. The van der Waals surface area contributed by atoms with E-state index in [0.29, 0.717) is 20.5 Å². The van der Waals surface area contributed by atoms with Crippen molar-refractivity contribution in [1.82, 2.24) is 25.6 Å². The van der Waals surface area contributed by atoms with Crippen LogP contribution in [0, 0.1) is 4.77 Å². The minimum atomic E-state index is -0.443. The van der Waals surface area contributed by atoms with E-state index >= 15 is 0 Å². The van der Waals surface area contributed by atoms with Crippen molar-refractivity contribution in [2.24, 2.45) is 0 Å². The Morgan fingerprint density at radius 3 is 2.62 bits per heavy atom. The number of aromatic amines is 1. The Kier molecular flexibility index (Phi) is 5.87. The number of carbonyl (C=O) groups is 2. The number of carbonyl (C=O) groups excluding carboxylic acids is 2. The second-order valence-corrected chi connectivity index (χ2v) is 8.34. The van der Waals surface area contributed by atoms with Gasteiger partial charge in [-0.25, -0.2) is 0 Å². The molecule has 0 unspecified atom stereocenters. The SMILES string of the molecule is O=C(Cn1c(-c2ccc(Cl)cc2)n[nH]c1=S)NNC(=O)c1ccc(Br)s1. The predicted molar refractivity (Wildman–Crippen MR) is 105 cm³/mol. The van der Waals surface area contributed by atoms with E-state index in [1.165, 1.54) is 15.9 Å². The third kappa shape index (κ3) is 4.39. The van der Waals surface area contributed by atoms with Crippen molar-refractivity contribution in [1.29, 1.82) is 0 Å². The molecule has 0 aliphatic rings. The van der Waals surface area contributed by atoms with Gasteiger partial charge in [-0.15, -0.1) is 11.3 Å². The average Bonchev–Trinajstić information content (AvgIpc) is 3.20. The Hall–Kier alpha value is -2.01. The van der Waals surface area contributed by atoms with Crippen LogP contribution in [0.4, 0.5) is 0 Å². The fourth-order valence-electron chi connectivity index (χ4n) is 2.09. The standard InChI is InChI=1S/C15H11BrClN5O2S2/c16-11-6-5-10(26-11)14(24)20-18-12(23)7-22-13(19-21-15(22)25)8-1-3-9(17)4-2-8/h1-6H,7H2,(H,18,23)(H,20,24)(H,21,25). The van der Waals surface area contributed by atoms with Crippen LogP contribution in [0.25, 0.3) is 11.4 Å². The number of thiophene rings is 1. The zero-order valence-electron chi connectivity index (χ0n) is 13.0. The second kappa shape index (κ2) is 8.12. The van der Waals surface area contributed by atoms with Gasteiger partial charge in [-0.3, -0.25) is 30.1 Å². The molecule has 3 rings (SSSR count). The van der Waals surface area contributed by atoms with E-state index in [1.54, 1.807) is 36.4 Å². The average molecular weight is 473 g/mol. The van der Waals surface area contributed by atoms with Crippen LogP contribution in [-0.2, 0) is 11.3 Å². The maximum absolute atomic E-state index is 12.2. The zero-order valence-corrected chi connectivity index (χ0v) is 16.9. The number of benzene rings is 1. The van der Waals surface area contributed by atoms with Gasteiger partial charge in [-0.1, -0.05) is 11.6 Å². The molecule has 0 saturated heterocycles. The molecule has 0 saturated carbocycles. The van der Waals surface area contributed by atoms with E-state index in [-0.39, 0.29) is 6.54 Å². The lowest BCUT2D eigenvalue weighted by atomic mass is 10.2. The molecule has 3 aromatic rings. The van der Waals surface area contributed by atoms with E-state index in [4.69, 9.17) is 23.8 Å². The van der Waals surface area contributed by atoms with Gasteiger partial charge in [-0.2, -0.15) is 5.10 Å². The lowest BCUT2D eigenvalue weighted by Gasteiger charge is -2.09. The lowest BCUT2D eigenvalue weighted by molar-refractivity contribution is -0.122. The summed E-state index contributed by atoms with van der Waals surface area (Å²) in [7, 11) is 0. The topological polar surface area (TPSA) is 91.8 Å². The maximum atomic E-state index is 12.2. The molecule has 0 bridgehead atoms. The number of hydrazine groups is 1. The van der Waals surface area contributed by atoms with Crippen LogP contribution in [0.5, 0.6) is 0 Å². The van der Waals surface area contributed by atoms with Crippen molar-refractivity contribution in [3.8, 4) is 11.4 Å². The third-order valence-corrected chi connectivity index (χ3v) is 5.46. The molecule has 26 heavy (non-hydrogen) atoms. The molecule has 1 aromatic carbocycles. The first kappa shape index (κ1) is 18.8. The summed E-state index contributed by atoms with van der Waals surface area (Å²) in [5, 5.41) is 7.40. The van der Waals surface area contributed by atoms with Crippen LogP contribution in [0.2, 0.25) is 5.02 Å². The Balaban J connectivity index is 1.68. The molecular formula is C15H11BrClN5O2S2. The third-order valence-electron chi connectivity index (χ3n) is 3.27. The Morgan fingerprint density at radius 1 is 1.23 bits per heavy atom. The first-order valence-electron chi connectivity index (χ1n) is 7.19.